The van der Waals surface area contributed by atoms with Crippen molar-refractivity contribution in [3.63, 3.8) is 0 Å². The van der Waals surface area contributed by atoms with E-state index in [1.807, 2.05) is 6.07 Å². The largest absolute Gasteiger partial charge is 0.454 e. The molecule has 2 aliphatic heterocycles. The van der Waals surface area contributed by atoms with Gasteiger partial charge >= 0.3 is 0 Å². The molecule has 1 aromatic carbocycles. The van der Waals surface area contributed by atoms with Gasteiger partial charge in [0.25, 0.3) is 0 Å². The Kier molecular flexibility index (Phi) is 3.03. The van der Waals surface area contributed by atoms with Gasteiger partial charge in [-0.2, -0.15) is 0 Å². The molecule has 0 saturated carbocycles. The minimum Gasteiger partial charge on any atom is -0.454 e. The fourth-order valence-electron chi connectivity index (χ4n) is 3.31. The summed E-state index contributed by atoms with van der Waals surface area (Å²) >= 11 is 0. The van der Waals surface area contributed by atoms with E-state index in [0.29, 0.717) is 6.79 Å². The lowest BCUT2D eigenvalue weighted by Gasteiger charge is -2.26. The third kappa shape index (κ3) is 2.04. The number of aromatic nitrogens is 1. The molecule has 1 saturated heterocycles. The second-order valence-corrected chi connectivity index (χ2v) is 5.69. The summed E-state index contributed by atoms with van der Waals surface area (Å²) in [4.78, 5) is 5.92. The van der Waals surface area contributed by atoms with E-state index in [9.17, 15) is 0 Å². The number of nitrogens with one attached hydrogen (secondary N) is 1. The molecule has 4 heteroatoms. The van der Waals surface area contributed by atoms with Crippen LogP contribution in [0.2, 0.25) is 0 Å². The van der Waals surface area contributed by atoms with Crippen molar-refractivity contribution in [3.8, 4) is 11.5 Å². The van der Waals surface area contributed by atoms with Gasteiger partial charge in [-0.15, -0.1) is 0 Å². The number of likely N-dealkylation sites (tertiary alicyclic amines) is 1. The first-order valence-electron chi connectivity index (χ1n) is 7.53. The van der Waals surface area contributed by atoms with Gasteiger partial charge in [-0.1, -0.05) is 6.42 Å². The molecule has 0 bridgehead atoms. The Balaban J connectivity index is 1.58. The molecule has 0 aliphatic carbocycles. The van der Waals surface area contributed by atoms with Gasteiger partial charge in [-0.3, -0.25) is 0 Å². The van der Waals surface area contributed by atoms with Crippen molar-refractivity contribution in [2.45, 2.75) is 25.7 Å². The molecular formula is C16H20N2O2. The molecule has 0 amide bonds. The van der Waals surface area contributed by atoms with Crippen LogP contribution in [0, 0.1) is 0 Å². The average molecular weight is 272 g/mol. The highest BCUT2D eigenvalue weighted by Gasteiger charge is 2.20. The molecule has 3 heterocycles. The van der Waals surface area contributed by atoms with Gasteiger partial charge in [0.05, 0.1) is 0 Å². The predicted octanol–water partition coefficient (Wildman–Crippen LogP) is 2.93. The Bertz CT molecular complexity index is 614. The molecule has 0 atom stereocenters. The first kappa shape index (κ1) is 12.1. The lowest BCUT2D eigenvalue weighted by Crippen LogP contribution is -2.31. The lowest BCUT2D eigenvalue weighted by molar-refractivity contribution is 0.175. The van der Waals surface area contributed by atoms with E-state index in [4.69, 9.17) is 9.47 Å². The van der Waals surface area contributed by atoms with Crippen LogP contribution in [0.1, 0.15) is 24.8 Å². The van der Waals surface area contributed by atoms with E-state index in [1.54, 1.807) is 0 Å². The maximum Gasteiger partial charge on any atom is 0.231 e. The monoisotopic (exact) mass is 272 g/mol. The molecule has 106 valence electrons. The average Bonchev–Trinajstić information content (AvgIpc) is 3.12. The zero-order chi connectivity index (χ0) is 13.4. The van der Waals surface area contributed by atoms with Crippen molar-refractivity contribution < 1.29 is 9.47 Å². The number of nitrogens with zero attached hydrogens (tertiary/aromatic N) is 1. The summed E-state index contributed by atoms with van der Waals surface area (Å²) in [6, 6.07) is 4.06. The normalized spacial score (nSPS) is 18.8. The lowest BCUT2D eigenvalue weighted by atomic mass is 10.1. The van der Waals surface area contributed by atoms with Crippen molar-refractivity contribution in [2.24, 2.45) is 0 Å². The molecule has 0 spiro atoms. The fourth-order valence-corrected chi connectivity index (χ4v) is 3.31. The van der Waals surface area contributed by atoms with Gasteiger partial charge in [0.2, 0.25) is 6.79 Å². The number of hydrogen-bond donors (Lipinski definition) is 1. The molecule has 2 aromatic rings. The van der Waals surface area contributed by atoms with E-state index in [0.717, 1.165) is 30.0 Å². The second-order valence-electron chi connectivity index (χ2n) is 5.69. The fraction of sp³-hybridized carbons (Fsp3) is 0.500. The van der Waals surface area contributed by atoms with Crippen molar-refractivity contribution >= 4 is 10.9 Å². The summed E-state index contributed by atoms with van der Waals surface area (Å²) in [6.07, 6.45) is 7.28. The van der Waals surface area contributed by atoms with E-state index < -0.39 is 0 Å². The smallest absolute Gasteiger partial charge is 0.231 e. The Labute approximate surface area is 118 Å². The van der Waals surface area contributed by atoms with E-state index in [2.05, 4.69) is 22.1 Å². The number of H-pyrrole nitrogens is 1. The van der Waals surface area contributed by atoms with Gasteiger partial charge in [0, 0.05) is 23.6 Å². The van der Waals surface area contributed by atoms with E-state index >= 15 is 0 Å². The summed E-state index contributed by atoms with van der Waals surface area (Å²) in [7, 11) is 0. The summed E-state index contributed by atoms with van der Waals surface area (Å²) < 4.78 is 11.1. The molecule has 0 radical (unpaired) electrons. The highest BCUT2D eigenvalue weighted by molar-refractivity contribution is 5.92. The number of aromatic amines is 1. The Morgan fingerprint density at radius 3 is 2.90 bits per heavy atom. The zero-order valence-electron chi connectivity index (χ0n) is 11.7. The number of hydrogen-bond acceptors (Lipinski definition) is 3. The first-order chi connectivity index (χ1) is 9.92. The van der Waals surface area contributed by atoms with Gasteiger partial charge in [-0.05, 0) is 50.0 Å². The molecule has 1 N–H and O–H groups in total. The summed E-state index contributed by atoms with van der Waals surface area (Å²) in [5, 5.41) is 1.21. The molecule has 4 nitrogen and oxygen atoms in total. The van der Waals surface area contributed by atoms with E-state index in [1.165, 1.54) is 43.3 Å². The van der Waals surface area contributed by atoms with Crippen LogP contribution in [0.15, 0.2) is 18.3 Å². The molecule has 1 fully saturated rings. The van der Waals surface area contributed by atoms with Crippen molar-refractivity contribution in [3.05, 3.63) is 23.9 Å². The molecule has 1 aromatic heterocycles. The SMILES string of the molecule is c1cc2[nH]cc(CCN3CCCCC3)c2c2c1OCO2. The van der Waals surface area contributed by atoms with Gasteiger partial charge in [0.15, 0.2) is 11.5 Å². The number of rotatable bonds is 3. The Morgan fingerprint density at radius 2 is 2.00 bits per heavy atom. The van der Waals surface area contributed by atoms with E-state index in [-0.39, 0.29) is 0 Å². The molecular weight excluding hydrogens is 252 g/mol. The van der Waals surface area contributed by atoms with Crippen LogP contribution in [-0.4, -0.2) is 36.3 Å². The highest BCUT2D eigenvalue weighted by atomic mass is 16.7. The molecule has 0 unspecified atom stereocenters. The number of fused-ring (bicyclic) bond motifs is 3. The van der Waals surface area contributed by atoms with Crippen molar-refractivity contribution in [2.75, 3.05) is 26.4 Å². The number of ether oxygens (including phenoxy) is 2. The van der Waals surface area contributed by atoms with Crippen LogP contribution in [0.4, 0.5) is 0 Å². The minimum absolute atomic E-state index is 0.338. The van der Waals surface area contributed by atoms with Crippen LogP contribution in [0.5, 0.6) is 11.5 Å². The second kappa shape index (κ2) is 5.02. The molecule has 4 rings (SSSR count). The summed E-state index contributed by atoms with van der Waals surface area (Å²) in [5.74, 6) is 1.79. The van der Waals surface area contributed by atoms with Crippen LogP contribution >= 0.6 is 0 Å². The maximum absolute atomic E-state index is 5.65. The van der Waals surface area contributed by atoms with Gasteiger partial charge in [0.1, 0.15) is 0 Å². The predicted molar refractivity (Wildman–Crippen MR) is 78.4 cm³/mol. The number of benzene rings is 1. The summed E-state index contributed by atoms with van der Waals surface area (Å²) in [5.41, 5.74) is 2.48. The number of piperidine rings is 1. The Hall–Kier alpha value is -1.68. The maximum atomic E-state index is 5.65. The zero-order valence-corrected chi connectivity index (χ0v) is 11.7. The standard InChI is InChI=1S/C16H20N2O2/c1-2-7-18(8-3-1)9-6-12-10-17-13-4-5-14-16(15(12)13)20-11-19-14/h4-5,10,17H,1-3,6-9,11H2. The van der Waals surface area contributed by atoms with Crippen molar-refractivity contribution in [1.29, 1.82) is 0 Å². The van der Waals surface area contributed by atoms with Crippen molar-refractivity contribution in [1.82, 2.24) is 9.88 Å². The van der Waals surface area contributed by atoms with Gasteiger partial charge < -0.3 is 19.4 Å². The first-order valence-corrected chi connectivity index (χ1v) is 7.53. The summed E-state index contributed by atoms with van der Waals surface area (Å²) in [6.45, 7) is 3.98. The van der Waals surface area contributed by atoms with Crippen LogP contribution in [-0.2, 0) is 6.42 Å². The van der Waals surface area contributed by atoms with Crippen LogP contribution in [0.25, 0.3) is 10.9 Å². The van der Waals surface area contributed by atoms with Crippen LogP contribution < -0.4 is 9.47 Å². The quantitative estimate of drug-likeness (QED) is 0.933. The highest BCUT2D eigenvalue weighted by Crippen LogP contribution is 2.40. The third-order valence-corrected chi connectivity index (χ3v) is 4.41. The Morgan fingerprint density at radius 1 is 1.10 bits per heavy atom. The topological polar surface area (TPSA) is 37.5 Å². The third-order valence-electron chi connectivity index (χ3n) is 4.41. The van der Waals surface area contributed by atoms with Crippen LogP contribution in [0.3, 0.4) is 0 Å². The molecule has 2 aliphatic rings. The molecule has 20 heavy (non-hydrogen) atoms. The van der Waals surface area contributed by atoms with Gasteiger partial charge in [-0.25, -0.2) is 0 Å². The minimum atomic E-state index is 0.338.